The first-order valence-corrected chi connectivity index (χ1v) is 4.30. The monoisotopic (exact) mass is 156 g/mol. The van der Waals surface area contributed by atoms with Gasteiger partial charge >= 0.3 is 0 Å². The van der Waals surface area contributed by atoms with E-state index in [0.717, 1.165) is 11.7 Å². The summed E-state index contributed by atoms with van der Waals surface area (Å²) in [6.45, 7) is 5.37. The van der Waals surface area contributed by atoms with E-state index in [1.807, 2.05) is 11.6 Å². The van der Waals surface area contributed by atoms with E-state index >= 15 is 0 Å². The lowest BCUT2D eigenvalue weighted by Gasteiger charge is -2.03. The molecule has 0 amide bonds. The van der Waals surface area contributed by atoms with Gasteiger partial charge in [0.05, 0.1) is 0 Å². The number of anilines is 1. The van der Waals surface area contributed by atoms with E-state index in [4.69, 9.17) is 0 Å². The number of rotatable bonds is 3. The van der Waals surface area contributed by atoms with Gasteiger partial charge < -0.3 is 5.32 Å². The summed E-state index contributed by atoms with van der Waals surface area (Å²) in [5.41, 5.74) is 0. The van der Waals surface area contributed by atoms with Crippen molar-refractivity contribution in [2.75, 3.05) is 11.9 Å². The van der Waals surface area contributed by atoms with Gasteiger partial charge in [0.15, 0.2) is 5.13 Å². The number of thiazole rings is 1. The highest BCUT2D eigenvalue weighted by Gasteiger charge is 1.94. The van der Waals surface area contributed by atoms with Gasteiger partial charge in [-0.1, -0.05) is 13.8 Å². The second-order valence-corrected chi connectivity index (χ2v) is 3.51. The van der Waals surface area contributed by atoms with E-state index in [2.05, 4.69) is 24.1 Å². The standard InChI is InChI=1S/C7H12N2S/c1-6(2)5-9-7-8-3-4-10-7/h3-4,6H,5H2,1-2H3,(H,8,9). The normalized spacial score (nSPS) is 10.3. The first-order chi connectivity index (χ1) is 4.79. The minimum absolute atomic E-state index is 0.684. The molecule has 2 nitrogen and oxygen atoms in total. The van der Waals surface area contributed by atoms with E-state index in [9.17, 15) is 0 Å². The number of hydrogen-bond acceptors (Lipinski definition) is 3. The van der Waals surface area contributed by atoms with Crippen LogP contribution >= 0.6 is 11.3 Å². The van der Waals surface area contributed by atoms with Gasteiger partial charge in [-0.25, -0.2) is 4.98 Å². The van der Waals surface area contributed by atoms with Gasteiger partial charge in [-0.2, -0.15) is 0 Å². The molecule has 56 valence electrons. The second-order valence-electron chi connectivity index (χ2n) is 2.61. The van der Waals surface area contributed by atoms with Crippen molar-refractivity contribution >= 4 is 16.5 Å². The molecule has 0 aliphatic heterocycles. The highest BCUT2D eigenvalue weighted by molar-refractivity contribution is 7.13. The molecule has 0 bridgehead atoms. The van der Waals surface area contributed by atoms with Crippen LogP contribution in [0.5, 0.6) is 0 Å². The van der Waals surface area contributed by atoms with Crippen LogP contribution in [0.2, 0.25) is 0 Å². The minimum Gasteiger partial charge on any atom is -0.361 e. The van der Waals surface area contributed by atoms with Crippen molar-refractivity contribution in [3.05, 3.63) is 11.6 Å². The summed E-state index contributed by atoms with van der Waals surface area (Å²) >= 11 is 1.64. The molecule has 0 spiro atoms. The van der Waals surface area contributed by atoms with E-state index in [1.165, 1.54) is 0 Å². The summed E-state index contributed by atoms with van der Waals surface area (Å²) in [4.78, 5) is 4.10. The van der Waals surface area contributed by atoms with Gasteiger partial charge in [0.25, 0.3) is 0 Å². The van der Waals surface area contributed by atoms with Crippen LogP contribution < -0.4 is 5.32 Å². The smallest absolute Gasteiger partial charge is 0.182 e. The average molecular weight is 156 g/mol. The Hall–Kier alpha value is -0.570. The van der Waals surface area contributed by atoms with Crippen molar-refractivity contribution in [2.45, 2.75) is 13.8 Å². The molecule has 0 fully saturated rings. The van der Waals surface area contributed by atoms with Crippen molar-refractivity contribution in [3.8, 4) is 0 Å². The van der Waals surface area contributed by atoms with Crippen molar-refractivity contribution in [1.82, 2.24) is 4.98 Å². The summed E-state index contributed by atoms with van der Waals surface area (Å²) in [5, 5.41) is 6.23. The van der Waals surface area contributed by atoms with Crippen molar-refractivity contribution < 1.29 is 0 Å². The molecule has 0 aromatic carbocycles. The van der Waals surface area contributed by atoms with E-state index in [1.54, 1.807) is 11.3 Å². The highest BCUT2D eigenvalue weighted by Crippen LogP contribution is 2.10. The Bertz CT molecular complexity index is 170. The third kappa shape index (κ3) is 2.35. The maximum Gasteiger partial charge on any atom is 0.182 e. The number of nitrogens with zero attached hydrogens (tertiary/aromatic N) is 1. The third-order valence-electron chi connectivity index (χ3n) is 1.09. The molecular formula is C7H12N2S. The fourth-order valence-electron chi connectivity index (χ4n) is 0.602. The van der Waals surface area contributed by atoms with Crippen molar-refractivity contribution in [1.29, 1.82) is 0 Å². The largest absolute Gasteiger partial charge is 0.361 e. The molecule has 0 saturated heterocycles. The zero-order valence-electron chi connectivity index (χ0n) is 6.29. The molecule has 0 aliphatic rings. The Labute approximate surface area is 65.3 Å². The van der Waals surface area contributed by atoms with Gasteiger partial charge in [-0.3, -0.25) is 0 Å². The first-order valence-electron chi connectivity index (χ1n) is 3.42. The molecule has 0 saturated carbocycles. The minimum atomic E-state index is 0.684. The maximum atomic E-state index is 4.10. The molecule has 1 rings (SSSR count). The van der Waals surface area contributed by atoms with Gasteiger partial charge in [0.2, 0.25) is 0 Å². The molecule has 0 unspecified atom stereocenters. The average Bonchev–Trinajstić information content (AvgIpc) is 2.34. The van der Waals surface area contributed by atoms with Crippen LogP contribution in [0.15, 0.2) is 11.6 Å². The van der Waals surface area contributed by atoms with Crippen LogP contribution in [-0.4, -0.2) is 11.5 Å². The fraction of sp³-hybridized carbons (Fsp3) is 0.571. The molecule has 1 aromatic rings. The predicted octanol–water partition coefficient (Wildman–Crippen LogP) is 2.21. The van der Waals surface area contributed by atoms with Crippen LogP contribution in [0.4, 0.5) is 5.13 Å². The van der Waals surface area contributed by atoms with Crippen LogP contribution in [-0.2, 0) is 0 Å². The fourth-order valence-corrected chi connectivity index (χ4v) is 1.14. The molecule has 1 aromatic heterocycles. The Morgan fingerprint density at radius 2 is 2.50 bits per heavy atom. The summed E-state index contributed by atoms with van der Waals surface area (Å²) in [6, 6.07) is 0. The zero-order valence-corrected chi connectivity index (χ0v) is 7.11. The molecule has 1 N–H and O–H groups in total. The summed E-state index contributed by atoms with van der Waals surface area (Å²) in [5.74, 6) is 0.684. The van der Waals surface area contributed by atoms with Gasteiger partial charge in [-0.15, -0.1) is 11.3 Å². The SMILES string of the molecule is CC(C)CNc1nccs1. The second kappa shape index (κ2) is 3.56. The van der Waals surface area contributed by atoms with Crippen LogP contribution in [0.3, 0.4) is 0 Å². The molecule has 1 heterocycles. The number of aromatic nitrogens is 1. The Balaban J connectivity index is 2.28. The maximum absolute atomic E-state index is 4.10. The van der Waals surface area contributed by atoms with E-state index in [-0.39, 0.29) is 0 Å². The third-order valence-corrected chi connectivity index (χ3v) is 1.82. The Kier molecular flexibility index (Phi) is 2.68. The first kappa shape index (κ1) is 7.54. The Morgan fingerprint density at radius 3 is 3.00 bits per heavy atom. The highest BCUT2D eigenvalue weighted by atomic mass is 32.1. The van der Waals surface area contributed by atoms with Gasteiger partial charge in [0.1, 0.15) is 0 Å². The predicted molar refractivity (Wildman–Crippen MR) is 45.4 cm³/mol. The van der Waals surface area contributed by atoms with E-state index in [0.29, 0.717) is 5.92 Å². The molecule has 0 atom stereocenters. The number of hydrogen-bond donors (Lipinski definition) is 1. The molecule has 0 radical (unpaired) electrons. The topological polar surface area (TPSA) is 24.9 Å². The van der Waals surface area contributed by atoms with Crippen LogP contribution in [0.25, 0.3) is 0 Å². The molecule has 10 heavy (non-hydrogen) atoms. The van der Waals surface area contributed by atoms with Crippen LogP contribution in [0, 0.1) is 5.92 Å². The van der Waals surface area contributed by atoms with Crippen LogP contribution in [0.1, 0.15) is 13.8 Å². The van der Waals surface area contributed by atoms with Crippen molar-refractivity contribution in [3.63, 3.8) is 0 Å². The number of nitrogens with one attached hydrogen (secondary N) is 1. The Morgan fingerprint density at radius 1 is 1.70 bits per heavy atom. The zero-order chi connectivity index (χ0) is 7.40. The quantitative estimate of drug-likeness (QED) is 0.725. The lowest BCUT2D eigenvalue weighted by molar-refractivity contribution is 0.688. The summed E-state index contributed by atoms with van der Waals surface area (Å²) in [7, 11) is 0. The summed E-state index contributed by atoms with van der Waals surface area (Å²) < 4.78 is 0. The lowest BCUT2D eigenvalue weighted by Crippen LogP contribution is -2.07. The van der Waals surface area contributed by atoms with Crippen molar-refractivity contribution in [2.24, 2.45) is 5.92 Å². The van der Waals surface area contributed by atoms with Gasteiger partial charge in [0, 0.05) is 18.1 Å². The van der Waals surface area contributed by atoms with Gasteiger partial charge in [-0.05, 0) is 5.92 Å². The molecular weight excluding hydrogens is 144 g/mol. The molecule has 0 aliphatic carbocycles. The lowest BCUT2D eigenvalue weighted by atomic mass is 10.2. The van der Waals surface area contributed by atoms with E-state index < -0.39 is 0 Å². The summed E-state index contributed by atoms with van der Waals surface area (Å²) in [6.07, 6.45) is 1.81. The molecule has 3 heteroatoms.